The van der Waals surface area contributed by atoms with E-state index in [0.29, 0.717) is 6.42 Å². The number of ether oxygens (including phenoxy) is 1. The van der Waals surface area contributed by atoms with Crippen molar-refractivity contribution in [2.45, 2.75) is 90.4 Å². The highest BCUT2D eigenvalue weighted by molar-refractivity contribution is 7.99. The van der Waals surface area contributed by atoms with Crippen LogP contribution in [0.4, 0.5) is 0 Å². The third-order valence-electron chi connectivity index (χ3n) is 3.79. The third kappa shape index (κ3) is 17.8. The van der Waals surface area contributed by atoms with Gasteiger partial charge in [0.25, 0.3) is 0 Å². The van der Waals surface area contributed by atoms with Gasteiger partial charge in [0.15, 0.2) is 0 Å². The molecule has 0 saturated carbocycles. The Hall–Kier alpha value is -0.180. The maximum atomic E-state index is 10.9. The van der Waals surface area contributed by atoms with E-state index in [0.717, 1.165) is 12.8 Å². The number of hydrogen-bond donors (Lipinski definition) is 0. The van der Waals surface area contributed by atoms with Gasteiger partial charge < -0.3 is 4.74 Å². The van der Waals surface area contributed by atoms with Gasteiger partial charge in [0, 0.05) is 6.42 Å². The quantitative estimate of drug-likeness (QED) is 0.259. The van der Waals surface area contributed by atoms with E-state index in [9.17, 15) is 4.79 Å². The lowest BCUT2D eigenvalue weighted by atomic mass is 10.1. The Morgan fingerprint density at radius 2 is 1.24 bits per heavy atom. The second-order valence-electron chi connectivity index (χ2n) is 5.83. The Morgan fingerprint density at radius 3 is 1.76 bits per heavy atom. The average molecular weight is 317 g/mol. The van der Waals surface area contributed by atoms with Crippen LogP contribution in [0.15, 0.2) is 0 Å². The molecule has 0 aliphatic carbocycles. The zero-order valence-corrected chi connectivity index (χ0v) is 15.1. The second kappa shape index (κ2) is 17.9. The molecule has 2 nitrogen and oxygen atoms in total. The van der Waals surface area contributed by atoms with Crippen LogP contribution < -0.4 is 0 Å². The van der Waals surface area contributed by atoms with Gasteiger partial charge in [-0.15, -0.1) is 0 Å². The molecule has 0 amide bonds. The zero-order valence-electron chi connectivity index (χ0n) is 14.3. The summed E-state index contributed by atoms with van der Waals surface area (Å²) < 4.78 is 4.63. The van der Waals surface area contributed by atoms with Crippen LogP contribution in [0, 0.1) is 0 Å². The molecule has 0 unspecified atom stereocenters. The Morgan fingerprint density at radius 1 is 0.762 bits per heavy atom. The fourth-order valence-electron chi connectivity index (χ4n) is 2.37. The first-order chi connectivity index (χ1) is 10.3. The molecule has 0 aromatic carbocycles. The predicted octanol–water partition coefficient (Wildman–Crippen LogP) is 5.98. The minimum Gasteiger partial charge on any atom is -0.469 e. The molecule has 0 heterocycles. The van der Waals surface area contributed by atoms with Gasteiger partial charge in [-0.3, -0.25) is 4.79 Å². The highest BCUT2D eigenvalue weighted by atomic mass is 32.2. The van der Waals surface area contributed by atoms with Crippen molar-refractivity contribution in [2.75, 3.05) is 18.6 Å². The van der Waals surface area contributed by atoms with Crippen molar-refractivity contribution in [3.8, 4) is 0 Å². The van der Waals surface area contributed by atoms with E-state index < -0.39 is 0 Å². The predicted molar refractivity (Wildman–Crippen MR) is 95.0 cm³/mol. The largest absolute Gasteiger partial charge is 0.469 e. The first-order valence-electron chi connectivity index (χ1n) is 8.95. The van der Waals surface area contributed by atoms with Crippen LogP contribution in [0.2, 0.25) is 0 Å². The van der Waals surface area contributed by atoms with Crippen molar-refractivity contribution in [1.29, 1.82) is 0 Å². The number of hydrogen-bond acceptors (Lipinski definition) is 3. The van der Waals surface area contributed by atoms with Gasteiger partial charge in [-0.25, -0.2) is 0 Å². The Bertz CT molecular complexity index is 219. The summed E-state index contributed by atoms with van der Waals surface area (Å²) in [7, 11) is 1.46. The van der Waals surface area contributed by atoms with Gasteiger partial charge in [0.05, 0.1) is 7.11 Å². The summed E-state index contributed by atoms with van der Waals surface area (Å²) >= 11 is 2.10. The second-order valence-corrected chi connectivity index (χ2v) is 7.05. The van der Waals surface area contributed by atoms with Gasteiger partial charge in [-0.1, -0.05) is 64.7 Å². The van der Waals surface area contributed by atoms with Crippen LogP contribution in [0.1, 0.15) is 90.4 Å². The van der Waals surface area contributed by atoms with Gasteiger partial charge >= 0.3 is 5.97 Å². The molecule has 0 aromatic heterocycles. The smallest absolute Gasteiger partial charge is 0.305 e. The standard InChI is InChI=1S/C18H36O2S/c1-3-4-5-6-7-8-10-13-16-21-17-14-11-9-12-15-18(19)20-2/h3-17H2,1-2H3. The zero-order chi connectivity index (χ0) is 15.6. The number of unbranched alkanes of at least 4 members (excludes halogenated alkanes) is 10. The fraction of sp³-hybridized carbons (Fsp3) is 0.944. The lowest BCUT2D eigenvalue weighted by Gasteiger charge is -2.03. The first-order valence-corrected chi connectivity index (χ1v) is 10.1. The van der Waals surface area contributed by atoms with Crippen molar-refractivity contribution < 1.29 is 9.53 Å². The molecule has 0 radical (unpaired) electrons. The molecule has 0 bridgehead atoms. The Balaban J connectivity index is 2.98. The Labute approximate surface area is 136 Å². The SMILES string of the molecule is CCCCCCCCCCSCCCCCCC(=O)OC. The monoisotopic (exact) mass is 316 g/mol. The summed E-state index contributed by atoms with van der Waals surface area (Å²) in [5.74, 6) is 2.55. The highest BCUT2D eigenvalue weighted by Gasteiger charge is 1.99. The topological polar surface area (TPSA) is 26.3 Å². The molecule has 0 aliphatic heterocycles. The van der Waals surface area contributed by atoms with E-state index in [-0.39, 0.29) is 5.97 Å². The highest BCUT2D eigenvalue weighted by Crippen LogP contribution is 2.13. The van der Waals surface area contributed by atoms with E-state index in [2.05, 4.69) is 23.4 Å². The van der Waals surface area contributed by atoms with E-state index in [1.165, 1.54) is 82.8 Å². The lowest BCUT2D eigenvalue weighted by molar-refractivity contribution is -0.140. The average Bonchev–Trinajstić information content (AvgIpc) is 2.50. The van der Waals surface area contributed by atoms with Gasteiger partial charge in [-0.2, -0.15) is 11.8 Å². The van der Waals surface area contributed by atoms with E-state index in [1.807, 2.05) is 0 Å². The number of esters is 1. The van der Waals surface area contributed by atoms with E-state index in [4.69, 9.17) is 0 Å². The molecule has 0 aliphatic rings. The lowest BCUT2D eigenvalue weighted by Crippen LogP contribution is -1.99. The van der Waals surface area contributed by atoms with Crippen LogP contribution in [0.25, 0.3) is 0 Å². The summed E-state index contributed by atoms with van der Waals surface area (Å²) in [5.41, 5.74) is 0. The number of thioether (sulfide) groups is 1. The number of carbonyl (C=O) groups is 1. The minimum atomic E-state index is -0.0703. The first kappa shape index (κ1) is 20.8. The van der Waals surface area contributed by atoms with Crippen molar-refractivity contribution in [1.82, 2.24) is 0 Å². The molecule has 126 valence electrons. The third-order valence-corrected chi connectivity index (χ3v) is 4.94. The van der Waals surface area contributed by atoms with Gasteiger partial charge in [0.2, 0.25) is 0 Å². The fourth-order valence-corrected chi connectivity index (χ4v) is 3.39. The van der Waals surface area contributed by atoms with Crippen LogP contribution in [0.5, 0.6) is 0 Å². The summed E-state index contributed by atoms with van der Waals surface area (Å²) in [6, 6.07) is 0. The number of methoxy groups -OCH3 is 1. The van der Waals surface area contributed by atoms with Crippen LogP contribution >= 0.6 is 11.8 Å². The van der Waals surface area contributed by atoms with Crippen LogP contribution in [-0.4, -0.2) is 24.6 Å². The number of carbonyl (C=O) groups excluding carboxylic acids is 1. The molecule has 0 atom stereocenters. The van der Waals surface area contributed by atoms with E-state index >= 15 is 0 Å². The summed E-state index contributed by atoms with van der Waals surface area (Å²) in [6.07, 6.45) is 16.6. The molecule has 3 heteroatoms. The summed E-state index contributed by atoms with van der Waals surface area (Å²) in [5, 5.41) is 0. The molecule has 21 heavy (non-hydrogen) atoms. The van der Waals surface area contributed by atoms with Gasteiger partial charge in [-0.05, 0) is 30.8 Å². The van der Waals surface area contributed by atoms with Crippen LogP contribution in [-0.2, 0) is 9.53 Å². The summed E-state index contributed by atoms with van der Waals surface area (Å²) in [6.45, 7) is 2.27. The molecule has 0 fully saturated rings. The van der Waals surface area contributed by atoms with Crippen LogP contribution in [0.3, 0.4) is 0 Å². The minimum absolute atomic E-state index is 0.0703. The molecule has 0 N–H and O–H groups in total. The molecule has 0 aromatic rings. The van der Waals surface area contributed by atoms with Crippen molar-refractivity contribution in [3.05, 3.63) is 0 Å². The normalized spacial score (nSPS) is 10.8. The number of rotatable bonds is 16. The molecule has 0 rings (SSSR count). The maximum Gasteiger partial charge on any atom is 0.305 e. The van der Waals surface area contributed by atoms with E-state index in [1.54, 1.807) is 0 Å². The molecule has 0 saturated heterocycles. The maximum absolute atomic E-state index is 10.9. The van der Waals surface area contributed by atoms with Crippen molar-refractivity contribution in [3.63, 3.8) is 0 Å². The molecular weight excluding hydrogens is 280 g/mol. The van der Waals surface area contributed by atoms with Gasteiger partial charge in [0.1, 0.15) is 0 Å². The van der Waals surface area contributed by atoms with Crippen molar-refractivity contribution in [2.24, 2.45) is 0 Å². The molecule has 0 spiro atoms. The Kier molecular flexibility index (Phi) is 17.7. The molecular formula is C18H36O2S. The summed E-state index contributed by atoms with van der Waals surface area (Å²) in [4.78, 5) is 10.9. The van der Waals surface area contributed by atoms with Crippen molar-refractivity contribution >= 4 is 17.7 Å².